The Balaban J connectivity index is 1.43. The number of rotatable bonds is 7. The summed E-state index contributed by atoms with van der Waals surface area (Å²) >= 11 is 0. The first-order valence-electron chi connectivity index (χ1n) is 8.14. The molecule has 0 aliphatic heterocycles. The van der Waals surface area contributed by atoms with Gasteiger partial charge in [-0.25, -0.2) is 0 Å². The number of amides is 1. The number of aromatic nitrogens is 2. The van der Waals surface area contributed by atoms with Gasteiger partial charge in [0.25, 0.3) is 0 Å². The highest BCUT2D eigenvalue weighted by Crippen LogP contribution is 2.15. The normalized spacial score (nSPS) is 12.2. The quantitative estimate of drug-likeness (QED) is 0.702. The van der Waals surface area contributed by atoms with Gasteiger partial charge in [-0.3, -0.25) is 9.48 Å². The van der Waals surface area contributed by atoms with Gasteiger partial charge in [-0.2, -0.15) is 5.10 Å². The second-order valence-electron chi connectivity index (χ2n) is 5.74. The minimum absolute atomic E-state index is 0.0326. The van der Waals surface area contributed by atoms with Crippen molar-refractivity contribution in [3.05, 3.63) is 66.4 Å². The van der Waals surface area contributed by atoms with Gasteiger partial charge in [-0.1, -0.05) is 48.5 Å². The maximum atomic E-state index is 12.0. The molecule has 3 aromatic rings. The molecule has 1 heterocycles. The van der Waals surface area contributed by atoms with Crippen LogP contribution >= 0.6 is 0 Å². The third kappa shape index (κ3) is 4.00. The second kappa shape index (κ2) is 7.75. The monoisotopic (exact) mass is 323 g/mol. The van der Waals surface area contributed by atoms with Crippen LogP contribution < -0.4 is 5.32 Å². The number of carbonyl (C=O) groups is 1. The lowest BCUT2D eigenvalue weighted by Gasteiger charge is -2.11. The smallest absolute Gasteiger partial charge is 0.221 e. The Hall–Kier alpha value is -2.66. The van der Waals surface area contributed by atoms with Gasteiger partial charge in [0, 0.05) is 18.4 Å². The van der Waals surface area contributed by atoms with E-state index in [2.05, 4.69) is 10.4 Å². The molecule has 0 aliphatic rings. The van der Waals surface area contributed by atoms with E-state index in [1.165, 1.54) is 0 Å². The van der Waals surface area contributed by atoms with Crippen molar-refractivity contribution in [2.75, 3.05) is 6.54 Å². The molecule has 0 aliphatic carbocycles. The number of hydrogen-bond acceptors (Lipinski definition) is 3. The van der Waals surface area contributed by atoms with Gasteiger partial charge in [0.05, 0.1) is 24.4 Å². The molecule has 0 saturated heterocycles. The maximum absolute atomic E-state index is 12.0. The van der Waals surface area contributed by atoms with Gasteiger partial charge in [0.1, 0.15) is 0 Å². The van der Waals surface area contributed by atoms with E-state index in [1.54, 1.807) is 0 Å². The molecule has 0 saturated carbocycles. The number of aliphatic hydroxyl groups excluding tert-OH is 1. The van der Waals surface area contributed by atoms with Crippen molar-refractivity contribution < 1.29 is 9.90 Å². The molecule has 124 valence electrons. The Labute approximate surface area is 140 Å². The molecular formula is C19H21N3O2. The zero-order valence-corrected chi connectivity index (χ0v) is 13.4. The highest BCUT2D eigenvalue weighted by molar-refractivity contribution is 5.79. The van der Waals surface area contributed by atoms with Gasteiger partial charge >= 0.3 is 0 Å². The highest BCUT2D eigenvalue weighted by Gasteiger charge is 2.09. The maximum Gasteiger partial charge on any atom is 0.221 e. The molecule has 1 atom stereocenters. The lowest BCUT2D eigenvalue weighted by Crippen LogP contribution is -2.26. The Morgan fingerprint density at radius 2 is 1.88 bits per heavy atom. The molecule has 0 bridgehead atoms. The number of hydrogen-bond donors (Lipinski definition) is 2. The van der Waals surface area contributed by atoms with Gasteiger partial charge in [0.15, 0.2) is 0 Å². The summed E-state index contributed by atoms with van der Waals surface area (Å²) < 4.78 is 1.84. The van der Waals surface area contributed by atoms with Crippen LogP contribution in [-0.4, -0.2) is 27.3 Å². The number of nitrogens with one attached hydrogen (secondary N) is 1. The summed E-state index contributed by atoms with van der Waals surface area (Å²) in [6.07, 6.45) is 2.12. The third-order valence-electron chi connectivity index (χ3n) is 4.03. The van der Waals surface area contributed by atoms with E-state index in [-0.39, 0.29) is 5.91 Å². The Morgan fingerprint density at radius 3 is 2.71 bits per heavy atom. The van der Waals surface area contributed by atoms with Crippen molar-refractivity contribution in [1.82, 2.24) is 15.1 Å². The zero-order chi connectivity index (χ0) is 16.8. The van der Waals surface area contributed by atoms with Gasteiger partial charge in [-0.15, -0.1) is 0 Å². The fourth-order valence-corrected chi connectivity index (χ4v) is 2.69. The summed E-state index contributed by atoms with van der Waals surface area (Å²) in [5.74, 6) is -0.0326. The largest absolute Gasteiger partial charge is 0.388 e. The van der Waals surface area contributed by atoms with Crippen LogP contribution in [0.15, 0.2) is 60.8 Å². The molecule has 0 spiro atoms. The average molecular weight is 323 g/mol. The molecule has 2 aromatic carbocycles. The topological polar surface area (TPSA) is 67.2 Å². The van der Waals surface area contributed by atoms with E-state index in [1.807, 2.05) is 65.5 Å². The number of para-hydroxylation sites is 1. The number of fused-ring (bicyclic) bond motifs is 1. The standard InChI is InChI=1S/C19H21N3O2/c23-18(15-6-2-1-3-7-15)10-12-20-19(24)11-13-22-17-9-5-4-8-16(17)14-21-22/h1-9,14,18,23H,10-13H2,(H,20,24)/t18-/m0/s1. The molecule has 1 amide bonds. The lowest BCUT2D eigenvalue weighted by atomic mass is 10.1. The Bertz CT molecular complexity index is 798. The molecular weight excluding hydrogens is 302 g/mol. The van der Waals surface area contributed by atoms with Crippen LogP contribution in [0.3, 0.4) is 0 Å². The molecule has 0 fully saturated rings. The van der Waals surface area contributed by atoms with Gasteiger partial charge < -0.3 is 10.4 Å². The first kappa shape index (κ1) is 16.2. The van der Waals surface area contributed by atoms with Crippen LogP contribution in [0.4, 0.5) is 0 Å². The SMILES string of the molecule is O=C(CCn1ncc2ccccc21)NCC[C@H](O)c1ccccc1. The number of aliphatic hydroxyl groups is 1. The number of aryl methyl sites for hydroxylation is 1. The molecule has 2 N–H and O–H groups in total. The first-order chi connectivity index (χ1) is 11.7. The van der Waals surface area contributed by atoms with Crippen molar-refractivity contribution in [2.24, 2.45) is 0 Å². The second-order valence-corrected chi connectivity index (χ2v) is 5.74. The molecule has 0 radical (unpaired) electrons. The number of carbonyl (C=O) groups excluding carboxylic acids is 1. The molecule has 24 heavy (non-hydrogen) atoms. The van der Waals surface area contributed by atoms with E-state index in [0.29, 0.717) is 25.9 Å². The van der Waals surface area contributed by atoms with Gasteiger partial charge in [0.2, 0.25) is 5.91 Å². The lowest BCUT2D eigenvalue weighted by molar-refractivity contribution is -0.121. The molecule has 5 nitrogen and oxygen atoms in total. The van der Waals surface area contributed by atoms with Crippen LogP contribution in [0.25, 0.3) is 10.9 Å². The number of nitrogens with zero attached hydrogens (tertiary/aromatic N) is 2. The predicted octanol–water partition coefficient (Wildman–Crippen LogP) is 2.67. The van der Waals surface area contributed by atoms with Crippen molar-refractivity contribution in [2.45, 2.75) is 25.5 Å². The summed E-state index contributed by atoms with van der Waals surface area (Å²) in [7, 11) is 0. The van der Waals surface area contributed by atoms with E-state index < -0.39 is 6.10 Å². The Morgan fingerprint density at radius 1 is 1.12 bits per heavy atom. The number of benzene rings is 2. The van der Waals surface area contributed by atoms with E-state index in [4.69, 9.17) is 0 Å². The van der Waals surface area contributed by atoms with E-state index >= 15 is 0 Å². The van der Waals surface area contributed by atoms with Crippen LogP contribution in [0, 0.1) is 0 Å². The zero-order valence-electron chi connectivity index (χ0n) is 13.4. The summed E-state index contributed by atoms with van der Waals surface area (Å²) in [5.41, 5.74) is 1.90. The summed E-state index contributed by atoms with van der Waals surface area (Å²) in [6, 6.07) is 17.4. The Kier molecular flexibility index (Phi) is 5.23. The molecule has 5 heteroatoms. The fourth-order valence-electron chi connectivity index (χ4n) is 2.69. The fraction of sp³-hybridized carbons (Fsp3) is 0.263. The summed E-state index contributed by atoms with van der Waals surface area (Å²) in [5, 5.41) is 18.3. The average Bonchev–Trinajstić information content (AvgIpc) is 3.04. The third-order valence-corrected chi connectivity index (χ3v) is 4.03. The molecule has 1 aromatic heterocycles. The summed E-state index contributed by atoms with van der Waals surface area (Å²) in [6.45, 7) is 0.995. The van der Waals surface area contributed by atoms with Crippen LogP contribution in [0.5, 0.6) is 0 Å². The van der Waals surface area contributed by atoms with Crippen LogP contribution in [0.1, 0.15) is 24.5 Å². The van der Waals surface area contributed by atoms with Gasteiger partial charge in [-0.05, 0) is 18.1 Å². The van der Waals surface area contributed by atoms with Crippen molar-refractivity contribution >= 4 is 16.8 Å². The minimum Gasteiger partial charge on any atom is -0.388 e. The van der Waals surface area contributed by atoms with Crippen LogP contribution in [-0.2, 0) is 11.3 Å². The van der Waals surface area contributed by atoms with Crippen molar-refractivity contribution in [1.29, 1.82) is 0 Å². The minimum atomic E-state index is -0.554. The van der Waals surface area contributed by atoms with E-state index in [9.17, 15) is 9.90 Å². The molecule has 3 rings (SSSR count). The van der Waals surface area contributed by atoms with E-state index in [0.717, 1.165) is 16.5 Å². The summed E-state index contributed by atoms with van der Waals surface area (Å²) in [4.78, 5) is 12.0. The van der Waals surface area contributed by atoms with Crippen molar-refractivity contribution in [3.63, 3.8) is 0 Å². The first-order valence-corrected chi connectivity index (χ1v) is 8.14. The highest BCUT2D eigenvalue weighted by atomic mass is 16.3. The predicted molar refractivity (Wildman–Crippen MR) is 93.4 cm³/mol. The van der Waals surface area contributed by atoms with Crippen LogP contribution in [0.2, 0.25) is 0 Å². The van der Waals surface area contributed by atoms with Crippen molar-refractivity contribution in [3.8, 4) is 0 Å². The molecule has 0 unspecified atom stereocenters.